The minimum Gasteiger partial charge on any atom is -0.454 e. The van der Waals surface area contributed by atoms with E-state index in [1.165, 1.54) is 43.7 Å². The third kappa shape index (κ3) is 4.44. The van der Waals surface area contributed by atoms with Crippen LogP contribution in [-0.2, 0) is 0 Å². The summed E-state index contributed by atoms with van der Waals surface area (Å²) in [4.78, 5) is 2.34. The number of benzene rings is 8. The third-order valence-electron chi connectivity index (χ3n) is 9.75. The summed E-state index contributed by atoms with van der Waals surface area (Å²) in [7, 11) is 0. The largest absolute Gasteiger partial charge is 0.454 e. The summed E-state index contributed by atoms with van der Waals surface area (Å²) in [6.45, 7) is 0. The van der Waals surface area contributed by atoms with Gasteiger partial charge in [0, 0.05) is 38.6 Å². The van der Waals surface area contributed by atoms with E-state index in [4.69, 9.17) is 4.42 Å². The van der Waals surface area contributed by atoms with Crippen molar-refractivity contribution in [2.75, 3.05) is 4.90 Å². The summed E-state index contributed by atoms with van der Waals surface area (Å²) in [6.07, 6.45) is 0. The number of fused-ring (bicyclic) bond motifs is 7. The van der Waals surface area contributed by atoms with Crippen LogP contribution in [0.15, 0.2) is 186 Å². The highest BCUT2D eigenvalue weighted by atomic mass is 16.3. The highest BCUT2D eigenvalue weighted by molar-refractivity contribution is 6.15. The van der Waals surface area contributed by atoms with Crippen molar-refractivity contribution < 1.29 is 4.42 Å². The quantitative estimate of drug-likeness (QED) is 0.190. The maximum absolute atomic E-state index is 6.62. The van der Waals surface area contributed by atoms with Gasteiger partial charge >= 0.3 is 0 Å². The van der Waals surface area contributed by atoms with Crippen LogP contribution in [0.1, 0.15) is 0 Å². The van der Waals surface area contributed by atoms with E-state index < -0.39 is 0 Å². The van der Waals surface area contributed by atoms with Gasteiger partial charge in [-0.05, 0) is 88.6 Å². The molecule has 0 atom stereocenters. The van der Waals surface area contributed by atoms with E-state index in [2.05, 4.69) is 179 Å². The Hall–Kier alpha value is -6.58. The van der Waals surface area contributed by atoms with Gasteiger partial charge in [0.15, 0.2) is 5.58 Å². The molecular weight excluding hydrogens is 597 g/mol. The summed E-state index contributed by atoms with van der Waals surface area (Å²) in [5, 5.41) is 7.10. The molecule has 0 fully saturated rings. The number of rotatable bonds is 5. The molecule has 10 aromatic rings. The van der Waals surface area contributed by atoms with Gasteiger partial charge in [0.05, 0.1) is 16.7 Å². The first-order valence-corrected chi connectivity index (χ1v) is 16.7. The normalized spacial score (nSPS) is 11.7. The molecule has 0 unspecified atom stereocenters. The van der Waals surface area contributed by atoms with Gasteiger partial charge in [-0.3, -0.25) is 0 Å². The Labute approximate surface area is 283 Å². The Balaban J connectivity index is 1.24. The first-order valence-electron chi connectivity index (χ1n) is 16.7. The molecule has 2 heterocycles. The monoisotopic (exact) mass is 626 g/mol. The lowest BCUT2D eigenvalue weighted by molar-refractivity contribution is 0.669. The molecule has 0 bridgehead atoms. The molecule has 0 saturated heterocycles. The maximum Gasteiger partial charge on any atom is 0.159 e. The van der Waals surface area contributed by atoms with Crippen LogP contribution in [0.25, 0.3) is 71.3 Å². The fraction of sp³-hybridized carbons (Fsp3) is 0. The summed E-state index contributed by atoms with van der Waals surface area (Å²) in [6, 6.07) is 65.0. The highest BCUT2D eigenvalue weighted by Gasteiger charge is 2.21. The number of nitrogens with zero attached hydrogens (tertiary/aromatic N) is 2. The first-order chi connectivity index (χ1) is 24.3. The van der Waals surface area contributed by atoms with Crippen molar-refractivity contribution in [1.82, 2.24) is 4.57 Å². The predicted octanol–water partition coefficient (Wildman–Crippen LogP) is 13.0. The maximum atomic E-state index is 6.62. The van der Waals surface area contributed by atoms with Crippen LogP contribution in [0.4, 0.5) is 17.1 Å². The van der Waals surface area contributed by atoms with Gasteiger partial charge in [-0.15, -0.1) is 0 Å². The Bertz CT molecular complexity index is 2810. The molecule has 49 heavy (non-hydrogen) atoms. The van der Waals surface area contributed by atoms with Gasteiger partial charge in [-0.25, -0.2) is 0 Å². The SMILES string of the molecule is c1ccc(-c2ccc(N(c3ccc4c(c3)c3cc5ccccc5cc3n4-c3ccccc3)c3cccc4c3oc3ccccc34)cc2)cc1. The zero-order valence-electron chi connectivity index (χ0n) is 26.6. The molecule has 8 aromatic carbocycles. The summed E-state index contributed by atoms with van der Waals surface area (Å²) in [5.41, 5.74) is 10.8. The second kappa shape index (κ2) is 11.0. The first kappa shape index (κ1) is 27.5. The predicted molar refractivity (Wildman–Crippen MR) is 206 cm³/mol. The molecular formula is C46H30N2O. The molecule has 0 radical (unpaired) electrons. The van der Waals surface area contributed by atoms with Crippen molar-refractivity contribution in [3.8, 4) is 16.8 Å². The summed E-state index contributed by atoms with van der Waals surface area (Å²) >= 11 is 0. The van der Waals surface area contributed by atoms with E-state index in [1.807, 2.05) is 12.1 Å². The number of hydrogen-bond donors (Lipinski definition) is 0. The number of furan rings is 1. The second-order valence-electron chi connectivity index (χ2n) is 12.6. The van der Waals surface area contributed by atoms with Gasteiger partial charge in [-0.1, -0.05) is 115 Å². The highest BCUT2D eigenvalue weighted by Crippen LogP contribution is 2.44. The van der Waals surface area contributed by atoms with Crippen LogP contribution in [0.3, 0.4) is 0 Å². The smallest absolute Gasteiger partial charge is 0.159 e. The van der Waals surface area contributed by atoms with Crippen LogP contribution in [0.5, 0.6) is 0 Å². The Kier molecular flexibility index (Phi) is 6.18. The van der Waals surface area contributed by atoms with Gasteiger partial charge < -0.3 is 13.9 Å². The van der Waals surface area contributed by atoms with Gasteiger partial charge in [-0.2, -0.15) is 0 Å². The minimum absolute atomic E-state index is 0.869. The van der Waals surface area contributed by atoms with Gasteiger partial charge in [0.2, 0.25) is 0 Å². The number of aromatic nitrogens is 1. The van der Waals surface area contributed by atoms with Crippen LogP contribution < -0.4 is 4.90 Å². The van der Waals surface area contributed by atoms with Crippen LogP contribution >= 0.6 is 0 Å². The van der Waals surface area contributed by atoms with E-state index in [-0.39, 0.29) is 0 Å². The number of hydrogen-bond acceptors (Lipinski definition) is 2. The average Bonchev–Trinajstić information content (AvgIpc) is 3.71. The van der Waals surface area contributed by atoms with Crippen molar-refractivity contribution >= 4 is 71.6 Å². The third-order valence-corrected chi connectivity index (χ3v) is 9.75. The van der Waals surface area contributed by atoms with E-state index >= 15 is 0 Å². The lowest BCUT2D eigenvalue weighted by Crippen LogP contribution is -2.10. The molecule has 0 N–H and O–H groups in total. The van der Waals surface area contributed by atoms with Crippen LogP contribution in [0.2, 0.25) is 0 Å². The van der Waals surface area contributed by atoms with Crippen molar-refractivity contribution in [3.63, 3.8) is 0 Å². The zero-order valence-corrected chi connectivity index (χ0v) is 26.6. The molecule has 0 aliphatic heterocycles. The van der Waals surface area contributed by atoms with Crippen LogP contribution in [-0.4, -0.2) is 4.57 Å². The number of para-hydroxylation sites is 3. The zero-order chi connectivity index (χ0) is 32.3. The van der Waals surface area contributed by atoms with Crippen LogP contribution in [0, 0.1) is 0 Å². The molecule has 0 spiro atoms. The van der Waals surface area contributed by atoms with E-state index in [1.54, 1.807) is 0 Å². The lowest BCUT2D eigenvalue weighted by Gasteiger charge is -2.26. The average molecular weight is 627 g/mol. The molecule has 0 amide bonds. The molecule has 0 saturated carbocycles. The standard InChI is InChI=1S/C46H30N2O/c1-3-12-31(13-4-1)32-22-24-36(25-23-32)47(43-20-11-19-39-38-18-9-10-21-45(38)49-46(39)43)37-26-27-42-41(30-37)40-28-33-14-7-8-15-34(33)29-44(40)48(42)35-16-5-2-6-17-35/h1-30H. The van der Waals surface area contributed by atoms with Crippen molar-refractivity contribution in [2.24, 2.45) is 0 Å². The lowest BCUT2D eigenvalue weighted by atomic mass is 10.0. The van der Waals surface area contributed by atoms with Crippen molar-refractivity contribution in [2.45, 2.75) is 0 Å². The summed E-state index contributed by atoms with van der Waals surface area (Å²) in [5.74, 6) is 0. The molecule has 3 nitrogen and oxygen atoms in total. The summed E-state index contributed by atoms with van der Waals surface area (Å²) < 4.78 is 9.01. The molecule has 0 aliphatic rings. The van der Waals surface area contributed by atoms with Gasteiger partial charge in [0.1, 0.15) is 5.58 Å². The fourth-order valence-electron chi connectivity index (χ4n) is 7.46. The fourth-order valence-corrected chi connectivity index (χ4v) is 7.46. The molecule has 230 valence electrons. The van der Waals surface area contributed by atoms with Crippen molar-refractivity contribution in [3.05, 3.63) is 182 Å². The molecule has 2 aromatic heterocycles. The van der Waals surface area contributed by atoms with Gasteiger partial charge in [0.25, 0.3) is 0 Å². The molecule has 3 heteroatoms. The number of anilines is 3. The Morgan fingerprint density at radius 1 is 0.408 bits per heavy atom. The van der Waals surface area contributed by atoms with E-state index in [0.29, 0.717) is 0 Å². The Morgan fingerprint density at radius 3 is 1.86 bits per heavy atom. The second-order valence-corrected chi connectivity index (χ2v) is 12.6. The molecule has 0 aliphatic carbocycles. The van der Waals surface area contributed by atoms with E-state index in [0.717, 1.165) is 44.7 Å². The molecule has 10 rings (SSSR count). The minimum atomic E-state index is 0.869. The Morgan fingerprint density at radius 2 is 1.04 bits per heavy atom. The topological polar surface area (TPSA) is 21.3 Å². The van der Waals surface area contributed by atoms with Crippen molar-refractivity contribution in [1.29, 1.82) is 0 Å². The van der Waals surface area contributed by atoms with E-state index in [9.17, 15) is 0 Å².